The molecule has 0 radical (unpaired) electrons. The molecule has 0 saturated carbocycles. The van der Waals surface area contributed by atoms with E-state index in [9.17, 15) is 0 Å². The molecule has 0 spiro atoms. The van der Waals surface area contributed by atoms with Crippen LogP contribution in [0.5, 0.6) is 0 Å². The molecule has 0 aliphatic carbocycles. The number of aromatic nitrogens is 1. The van der Waals surface area contributed by atoms with Gasteiger partial charge in [-0.3, -0.25) is 4.98 Å². The van der Waals surface area contributed by atoms with Gasteiger partial charge in [-0.15, -0.1) is 0 Å². The van der Waals surface area contributed by atoms with Gasteiger partial charge in [0, 0.05) is 32.0 Å². The summed E-state index contributed by atoms with van der Waals surface area (Å²) in [4.78, 5) is 6.30. The van der Waals surface area contributed by atoms with Crippen molar-refractivity contribution in [2.45, 2.75) is 6.42 Å². The molecule has 1 aromatic rings. The number of nitrogens with zero attached hydrogens (tertiary/aromatic N) is 2. The van der Waals surface area contributed by atoms with E-state index in [2.05, 4.69) is 15.2 Å². The van der Waals surface area contributed by atoms with Crippen LogP contribution in [0.4, 0.5) is 5.69 Å². The second kappa shape index (κ2) is 4.62. The molecule has 1 saturated heterocycles. The Bertz CT molecular complexity index is 295. The Hall–Kier alpha value is -0.800. The van der Waals surface area contributed by atoms with E-state index < -0.39 is 0 Å². The van der Waals surface area contributed by atoms with Crippen molar-refractivity contribution < 1.29 is 0 Å². The normalized spacial score (nSPS) is 17.9. The van der Waals surface area contributed by atoms with Crippen molar-refractivity contribution in [3.05, 3.63) is 23.5 Å². The average molecular weight is 212 g/mol. The molecule has 3 nitrogen and oxygen atoms in total. The highest BCUT2D eigenvalue weighted by Gasteiger charge is 2.11. The van der Waals surface area contributed by atoms with Crippen LogP contribution in [0.1, 0.15) is 6.42 Å². The number of hydrogen-bond acceptors (Lipinski definition) is 3. The van der Waals surface area contributed by atoms with Gasteiger partial charge in [-0.25, -0.2) is 0 Å². The fourth-order valence-corrected chi connectivity index (χ4v) is 1.95. The van der Waals surface area contributed by atoms with Crippen molar-refractivity contribution >= 4 is 17.3 Å². The fraction of sp³-hybridized carbons (Fsp3) is 0.500. The van der Waals surface area contributed by atoms with Crippen molar-refractivity contribution in [1.29, 1.82) is 0 Å². The Labute approximate surface area is 89.1 Å². The Kier molecular flexibility index (Phi) is 3.22. The second-order valence-corrected chi connectivity index (χ2v) is 3.82. The van der Waals surface area contributed by atoms with Gasteiger partial charge in [0.25, 0.3) is 0 Å². The molecule has 0 atom stereocenters. The molecule has 2 rings (SSSR count). The molecular weight excluding hydrogens is 198 g/mol. The first-order valence-electron chi connectivity index (χ1n) is 4.93. The lowest BCUT2D eigenvalue weighted by atomic mass is 10.3. The van der Waals surface area contributed by atoms with Crippen LogP contribution < -0.4 is 10.2 Å². The van der Waals surface area contributed by atoms with Gasteiger partial charge in [0.15, 0.2) is 0 Å². The summed E-state index contributed by atoms with van der Waals surface area (Å²) in [6, 6.07) is 1.98. The van der Waals surface area contributed by atoms with Gasteiger partial charge in [0.2, 0.25) is 0 Å². The zero-order valence-electron chi connectivity index (χ0n) is 8.04. The molecule has 1 aliphatic rings. The van der Waals surface area contributed by atoms with E-state index in [0.717, 1.165) is 36.9 Å². The average Bonchev–Trinajstić information content (AvgIpc) is 2.47. The third kappa shape index (κ3) is 2.16. The molecule has 1 N–H and O–H groups in total. The van der Waals surface area contributed by atoms with Gasteiger partial charge in [-0.1, -0.05) is 11.6 Å². The lowest BCUT2D eigenvalue weighted by molar-refractivity contribution is 0.724. The summed E-state index contributed by atoms with van der Waals surface area (Å²) in [5, 5.41) is 4.11. The molecule has 4 heteroatoms. The van der Waals surface area contributed by atoms with E-state index >= 15 is 0 Å². The van der Waals surface area contributed by atoms with Crippen LogP contribution in [0.25, 0.3) is 0 Å². The van der Waals surface area contributed by atoms with E-state index in [-0.39, 0.29) is 0 Å². The first-order valence-corrected chi connectivity index (χ1v) is 5.31. The first kappa shape index (κ1) is 9.74. The molecule has 0 aromatic carbocycles. The van der Waals surface area contributed by atoms with Gasteiger partial charge < -0.3 is 10.2 Å². The van der Waals surface area contributed by atoms with Crippen LogP contribution in [-0.4, -0.2) is 31.2 Å². The lowest BCUT2D eigenvalue weighted by Gasteiger charge is -2.22. The summed E-state index contributed by atoms with van der Waals surface area (Å²) in [5.74, 6) is 0. The lowest BCUT2D eigenvalue weighted by Crippen LogP contribution is -2.28. The topological polar surface area (TPSA) is 28.2 Å². The quantitative estimate of drug-likeness (QED) is 0.764. The molecule has 1 aromatic heterocycles. The highest BCUT2D eigenvalue weighted by Crippen LogP contribution is 2.24. The summed E-state index contributed by atoms with van der Waals surface area (Å²) in [5.41, 5.74) is 1.10. The predicted octanol–water partition coefficient (Wildman–Crippen LogP) is 1.53. The van der Waals surface area contributed by atoms with Crippen molar-refractivity contribution in [2.75, 3.05) is 31.1 Å². The zero-order chi connectivity index (χ0) is 9.80. The SMILES string of the molecule is Clc1cnccc1N1CCCNCC1. The predicted molar refractivity (Wildman–Crippen MR) is 58.9 cm³/mol. The number of halogens is 1. The molecule has 76 valence electrons. The summed E-state index contributed by atoms with van der Waals surface area (Å²) >= 11 is 6.09. The van der Waals surface area contributed by atoms with Crippen molar-refractivity contribution in [3.63, 3.8) is 0 Å². The number of anilines is 1. The van der Waals surface area contributed by atoms with Crippen LogP contribution >= 0.6 is 11.6 Å². The maximum Gasteiger partial charge on any atom is 0.0822 e. The minimum atomic E-state index is 0.745. The van der Waals surface area contributed by atoms with Crippen LogP contribution in [0.3, 0.4) is 0 Å². The largest absolute Gasteiger partial charge is 0.369 e. The van der Waals surface area contributed by atoms with E-state index in [1.807, 2.05) is 6.07 Å². The zero-order valence-corrected chi connectivity index (χ0v) is 8.80. The minimum absolute atomic E-state index is 0.745. The Morgan fingerprint density at radius 1 is 1.36 bits per heavy atom. The van der Waals surface area contributed by atoms with Gasteiger partial charge in [-0.05, 0) is 19.0 Å². The van der Waals surface area contributed by atoms with Gasteiger partial charge >= 0.3 is 0 Å². The van der Waals surface area contributed by atoms with E-state index in [4.69, 9.17) is 11.6 Å². The van der Waals surface area contributed by atoms with E-state index in [1.165, 1.54) is 6.42 Å². The second-order valence-electron chi connectivity index (χ2n) is 3.42. The van der Waals surface area contributed by atoms with Crippen LogP contribution in [0.15, 0.2) is 18.5 Å². The number of rotatable bonds is 1. The van der Waals surface area contributed by atoms with E-state index in [0.29, 0.717) is 0 Å². The van der Waals surface area contributed by atoms with Crippen molar-refractivity contribution in [3.8, 4) is 0 Å². The molecule has 1 fully saturated rings. The molecule has 0 bridgehead atoms. The molecule has 0 amide bonds. The Morgan fingerprint density at radius 2 is 2.29 bits per heavy atom. The fourth-order valence-electron chi connectivity index (χ4n) is 1.71. The highest BCUT2D eigenvalue weighted by molar-refractivity contribution is 6.33. The summed E-state index contributed by atoms with van der Waals surface area (Å²) in [7, 11) is 0. The number of pyridine rings is 1. The maximum atomic E-state index is 6.09. The molecule has 14 heavy (non-hydrogen) atoms. The summed E-state index contributed by atoms with van der Waals surface area (Å²) in [6.07, 6.45) is 4.66. The third-order valence-electron chi connectivity index (χ3n) is 2.43. The van der Waals surface area contributed by atoms with Gasteiger partial charge in [0.05, 0.1) is 10.7 Å². The summed E-state index contributed by atoms with van der Waals surface area (Å²) in [6.45, 7) is 4.21. The monoisotopic (exact) mass is 211 g/mol. The van der Waals surface area contributed by atoms with Crippen LogP contribution in [0, 0.1) is 0 Å². The highest BCUT2D eigenvalue weighted by atomic mass is 35.5. The van der Waals surface area contributed by atoms with Gasteiger partial charge in [0.1, 0.15) is 0 Å². The Balaban J connectivity index is 2.16. The van der Waals surface area contributed by atoms with E-state index in [1.54, 1.807) is 12.4 Å². The van der Waals surface area contributed by atoms with Crippen LogP contribution in [-0.2, 0) is 0 Å². The third-order valence-corrected chi connectivity index (χ3v) is 2.72. The number of hydrogen-bond donors (Lipinski definition) is 1. The minimum Gasteiger partial charge on any atom is -0.369 e. The molecule has 2 heterocycles. The van der Waals surface area contributed by atoms with Crippen molar-refractivity contribution in [1.82, 2.24) is 10.3 Å². The van der Waals surface area contributed by atoms with Gasteiger partial charge in [-0.2, -0.15) is 0 Å². The maximum absolute atomic E-state index is 6.09. The Morgan fingerprint density at radius 3 is 3.14 bits per heavy atom. The molecule has 0 unspecified atom stereocenters. The first-order chi connectivity index (χ1) is 6.88. The molecule has 1 aliphatic heterocycles. The summed E-state index contributed by atoms with van der Waals surface area (Å²) < 4.78 is 0. The smallest absolute Gasteiger partial charge is 0.0822 e. The van der Waals surface area contributed by atoms with Crippen molar-refractivity contribution in [2.24, 2.45) is 0 Å². The van der Waals surface area contributed by atoms with Crippen LogP contribution in [0.2, 0.25) is 5.02 Å². The standard InChI is InChI=1S/C10H14ClN3/c11-9-8-13-4-2-10(9)14-6-1-3-12-5-7-14/h2,4,8,12H,1,3,5-7H2. The number of nitrogens with one attached hydrogen (secondary N) is 1. The molecular formula is C10H14ClN3.